The molecule has 0 aliphatic rings. The molecule has 78 valence electrons. The number of rotatable bonds is 4. The molecule has 0 saturated carbocycles. The van der Waals surface area contributed by atoms with Gasteiger partial charge in [-0.15, -0.1) is 10.2 Å². The quantitative estimate of drug-likeness (QED) is 0.770. The third-order valence-electron chi connectivity index (χ3n) is 2.47. The van der Waals surface area contributed by atoms with Gasteiger partial charge < -0.3 is 4.90 Å². The lowest BCUT2D eigenvalue weighted by atomic mass is 10.1. The van der Waals surface area contributed by atoms with Gasteiger partial charge in [-0.2, -0.15) is 0 Å². The minimum Gasteiger partial charge on any atom is -0.355 e. The minimum absolute atomic E-state index is 0.437. The number of aromatic nitrogens is 2. The summed E-state index contributed by atoms with van der Waals surface area (Å²) in [6, 6.07) is 4.18. The third kappa shape index (κ3) is 2.58. The molecular weight excluding hydrogens is 198 g/mol. The molecule has 0 aromatic carbocycles. The largest absolute Gasteiger partial charge is 0.355 e. The monoisotopic (exact) mass is 213 g/mol. The fourth-order valence-corrected chi connectivity index (χ4v) is 1.62. The van der Waals surface area contributed by atoms with Gasteiger partial charge in [0, 0.05) is 13.1 Å². The van der Waals surface area contributed by atoms with Gasteiger partial charge in [-0.1, -0.05) is 25.4 Å². The fraction of sp³-hybridized carbons (Fsp3) is 0.600. The number of anilines is 1. The maximum Gasteiger partial charge on any atom is 0.151 e. The number of halogens is 1. The van der Waals surface area contributed by atoms with Gasteiger partial charge in [0.05, 0.1) is 0 Å². The first kappa shape index (κ1) is 11.2. The molecule has 3 nitrogen and oxygen atoms in total. The van der Waals surface area contributed by atoms with Crippen LogP contribution in [0.1, 0.15) is 26.7 Å². The van der Waals surface area contributed by atoms with Crippen LogP contribution in [0.4, 0.5) is 5.82 Å². The van der Waals surface area contributed by atoms with Crippen LogP contribution < -0.4 is 4.90 Å². The molecule has 1 rings (SSSR count). The van der Waals surface area contributed by atoms with Gasteiger partial charge in [0.1, 0.15) is 0 Å². The summed E-state index contributed by atoms with van der Waals surface area (Å²) in [7, 11) is 2.04. The average Bonchev–Trinajstić information content (AvgIpc) is 2.20. The summed E-state index contributed by atoms with van der Waals surface area (Å²) in [6.07, 6.45) is 2.22. The zero-order valence-corrected chi connectivity index (χ0v) is 9.62. The first-order valence-electron chi connectivity index (χ1n) is 4.91. The molecule has 1 aromatic heterocycles. The van der Waals surface area contributed by atoms with Crippen molar-refractivity contribution in [3.8, 4) is 0 Å². The maximum absolute atomic E-state index is 5.67. The van der Waals surface area contributed by atoms with Gasteiger partial charge in [0.2, 0.25) is 0 Å². The summed E-state index contributed by atoms with van der Waals surface area (Å²) in [6.45, 7) is 4.35. The van der Waals surface area contributed by atoms with Crippen molar-refractivity contribution in [3.05, 3.63) is 17.3 Å². The first-order valence-corrected chi connectivity index (χ1v) is 5.28. The molecule has 1 aromatic rings. The third-order valence-corrected chi connectivity index (χ3v) is 2.67. The molecule has 0 amide bonds. The molecule has 4 heteroatoms. The van der Waals surface area contributed by atoms with Gasteiger partial charge in [-0.25, -0.2) is 0 Å². The van der Waals surface area contributed by atoms with Gasteiger partial charge in [0.25, 0.3) is 0 Å². The summed E-state index contributed by atoms with van der Waals surface area (Å²) >= 11 is 5.67. The molecule has 0 N–H and O–H groups in total. The van der Waals surface area contributed by atoms with Crippen molar-refractivity contribution in [3.63, 3.8) is 0 Å². The highest BCUT2D eigenvalue weighted by Gasteiger charge is 2.12. The topological polar surface area (TPSA) is 29.0 Å². The van der Waals surface area contributed by atoms with Gasteiger partial charge in [0.15, 0.2) is 11.0 Å². The second-order valence-corrected chi connectivity index (χ2v) is 3.68. The van der Waals surface area contributed by atoms with Crippen LogP contribution in [0.3, 0.4) is 0 Å². The smallest absolute Gasteiger partial charge is 0.151 e. The second-order valence-electron chi connectivity index (χ2n) is 3.30. The second kappa shape index (κ2) is 5.15. The Morgan fingerprint density at radius 2 is 1.93 bits per heavy atom. The van der Waals surface area contributed by atoms with E-state index in [0.717, 1.165) is 18.7 Å². The van der Waals surface area contributed by atoms with Crippen LogP contribution >= 0.6 is 11.6 Å². The van der Waals surface area contributed by atoms with Crippen molar-refractivity contribution in [1.29, 1.82) is 0 Å². The van der Waals surface area contributed by atoms with Crippen molar-refractivity contribution in [2.45, 2.75) is 32.7 Å². The Morgan fingerprint density at radius 3 is 2.36 bits per heavy atom. The van der Waals surface area contributed by atoms with E-state index in [9.17, 15) is 0 Å². The Hall–Kier alpha value is -0.830. The summed E-state index contributed by atoms with van der Waals surface area (Å²) in [5.41, 5.74) is 0. The fourth-order valence-electron chi connectivity index (χ4n) is 1.52. The highest BCUT2D eigenvalue weighted by molar-refractivity contribution is 6.29. The van der Waals surface area contributed by atoms with E-state index in [-0.39, 0.29) is 0 Å². The maximum atomic E-state index is 5.67. The Morgan fingerprint density at radius 1 is 1.29 bits per heavy atom. The zero-order chi connectivity index (χ0) is 10.6. The molecule has 0 saturated heterocycles. The average molecular weight is 214 g/mol. The predicted molar refractivity (Wildman–Crippen MR) is 59.8 cm³/mol. The molecule has 0 atom stereocenters. The highest BCUT2D eigenvalue weighted by atomic mass is 35.5. The normalized spacial score (nSPS) is 10.6. The molecule has 0 spiro atoms. The van der Waals surface area contributed by atoms with E-state index in [4.69, 9.17) is 11.6 Å². The van der Waals surface area contributed by atoms with Crippen molar-refractivity contribution in [2.75, 3.05) is 11.9 Å². The summed E-state index contributed by atoms with van der Waals surface area (Å²) in [4.78, 5) is 2.14. The number of nitrogens with zero attached hydrogens (tertiary/aromatic N) is 3. The first-order chi connectivity index (χ1) is 6.69. The number of hydrogen-bond acceptors (Lipinski definition) is 3. The highest BCUT2D eigenvalue weighted by Crippen LogP contribution is 2.16. The van der Waals surface area contributed by atoms with Crippen molar-refractivity contribution < 1.29 is 0 Å². The van der Waals surface area contributed by atoms with E-state index in [1.807, 2.05) is 13.1 Å². The molecule has 0 fully saturated rings. The SMILES string of the molecule is CCC(CC)N(C)c1ccc(Cl)nn1. The van der Waals surface area contributed by atoms with Crippen LogP contribution in [0, 0.1) is 0 Å². The molecular formula is C10H16ClN3. The van der Waals surface area contributed by atoms with Gasteiger partial charge in [-0.05, 0) is 25.0 Å². The molecule has 0 bridgehead atoms. The Bertz CT molecular complexity index is 269. The summed E-state index contributed by atoms with van der Waals surface area (Å²) in [5, 5.41) is 8.30. The van der Waals surface area contributed by atoms with Crippen LogP contribution in [-0.2, 0) is 0 Å². The lowest BCUT2D eigenvalue weighted by Gasteiger charge is -2.26. The number of hydrogen-bond donors (Lipinski definition) is 0. The van der Waals surface area contributed by atoms with E-state index in [1.54, 1.807) is 6.07 Å². The van der Waals surface area contributed by atoms with Crippen molar-refractivity contribution >= 4 is 17.4 Å². The minimum atomic E-state index is 0.437. The van der Waals surface area contributed by atoms with Crippen molar-refractivity contribution in [2.24, 2.45) is 0 Å². The van der Waals surface area contributed by atoms with E-state index < -0.39 is 0 Å². The molecule has 0 aliphatic heterocycles. The molecule has 0 unspecified atom stereocenters. The molecule has 0 radical (unpaired) electrons. The molecule has 14 heavy (non-hydrogen) atoms. The van der Waals surface area contributed by atoms with E-state index in [1.165, 1.54) is 0 Å². The lowest BCUT2D eigenvalue weighted by molar-refractivity contribution is 0.584. The van der Waals surface area contributed by atoms with Crippen LogP contribution in [0.2, 0.25) is 5.15 Å². The Labute approximate surface area is 90.1 Å². The summed E-state index contributed by atoms with van der Waals surface area (Å²) < 4.78 is 0. The molecule has 1 heterocycles. The van der Waals surface area contributed by atoms with E-state index >= 15 is 0 Å². The van der Waals surface area contributed by atoms with Crippen LogP contribution in [0.15, 0.2) is 12.1 Å². The van der Waals surface area contributed by atoms with E-state index in [0.29, 0.717) is 11.2 Å². The van der Waals surface area contributed by atoms with Gasteiger partial charge >= 0.3 is 0 Å². The van der Waals surface area contributed by atoms with E-state index in [2.05, 4.69) is 28.9 Å². The lowest BCUT2D eigenvalue weighted by Crippen LogP contribution is -2.31. The van der Waals surface area contributed by atoms with Crippen LogP contribution in [0.5, 0.6) is 0 Å². The standard InChI is InChI=1S/C10H16ClN3/c1-4-8(5-2)14(3)10-7-6-9(11)12-13-10/h6-8H,4-5H2,1-3H3. The Balaban J connectivity index is 2.77. The van der Waals surface area contributed by atoms with Crippen molar-refractivity contribution in [1.82, 2.24) is 10.2 Å². The zero-order valence-electron chi connectivity index (χ0n) is 8.87. The van der Waals surface area contributed by atoms with Crippen LogP contribution in [0.25, 0.3) is 0 Å². The van der Waals surface area contributed by atoms with Gasteiger partial charge in [-0.3, -0.25) is 0 Å². The molecule has 0 aliphatic carbocycles. The summed E-state index contributed by atoms with van der Waals surface area (Å²) in [5.74, 6) is 0.878. The Kier molecular flexibility index (Phi) is 4.14. The van der Waals surface area contributed by atoms with Crippen LogP contribution in [-0.4, -0.2) is 23.3 Å². The predicted octanol–water partition coefficient (Wildman–Crippen LogP) is 2.75.